The van der Waals surface area contributed by atoms with Gasteiger partial charge in [-0.15, -0.1) is 0 Å². The minimum atomic E-state index is -0.245. The average molecular weight is 299 g/mol. The van der Waals surface area contributed by atoms with E-state index < -0.39 is 0 Å². The lowest BCUT2D eigenvalue weighted by molar-refractivity contribution is -0.124. The molecular weight excluding hydrogens is 274 g/mol. The van der Waals surface area contributed by atoms with E-state index in [1.165, 1.54) is 42.7 Å². The number of likely N-dealkylation sites (N-methyl/N-ethyl adjacent to an activating group) is 1. The Balaban J connectivity index is 2.37. The van der Waals surface area contributed by atoms with Crippen molar-refractivity contribution < 1.29 is 4.79 Å². The summed E-state index contributed by atoms with van der Waals surface area (Å²) in [7, 11) is 3.33. The maximum Gasteiger partial charge on any atom is 0.264 e. The number of carbonyl (C=O) groups excluding carboxylic acids is 1. The van der Waals surface area contributed by atoms with Gasteiger partial charge in [0, 0.05) is 31.5 Å². The van der Waals surface area contributed by atoms with Gasteiger partial charge < -0.3 is 9.47 Å². The summed E-state index contributed by atoms with van der Waals surface area (Å²) in [5.41, 5.74) is 3.54. The highest BCUT2D eigenvalue weighted by molar-refractivity contribution is 6.01. The molecule has 1 aliphatic rings. The molecule has 0 aliphatic heterocycles. The highest BCUT2D eigenvalue weighted by atomic mass is 16.2. The molecule has 1 saturated carbocycles. The van der Waals surface area contributed by atoms with E-state index in [4.69, 9.17) is 0 Å². The van der Waals surface area contributed by atoms with Gasteiger partial charge in [0.05, 0.1) is 0 Å². The Morgan fingerprint density at radius 2 is 1.95 bits per heavy atom. The molecule has 118 valence electrons. The van der Waals surface area contributed by atoms with Crippen molar-refractivity contribution in [3.8, 4) is 6.07 Å². The summed E-state index contributed by atoms with van der Waals surface area (Å²) in [6.07, 6.45) is 8.08. The van der Waals surface area contributed by atoms with Crippen molar-refractivity contribution in [2.24, 2.45) is 0 Å². The van der Waals surface area contributed by atoms with Crippen LogP contribution < -0.4 is 0 Å². The van der Waals surface area contributed by atoms with Crippen LogP contribution in [0.5, 0.6) is 0 Å². The first-order chi connectivity index (χ1) is 10.5. The number of nitrogens with zero attached hydrogens (tertiary/aromatic N) is 3. The predicted octanol–water partition coefficient (Wildman–Crippen LogP) is 3.61. The Labute approximate surface area is 133 Å². The van der Waals surface area contributed by atoms with Crippen molar-refractivity contribution in [2.75, 3.05) is 14.1 Å². The minimum absolute atomic E-state index is 0.189. The SMILES string of the molecule is Cc1cc(/C=C(/C#N)C(=O)N(C)C)c(C)n1C1CCCCC1. The van der Waals surface area contributed by atoms with Crippen LogP contribution >= 0.6 is 0 Å². The van der Waals surface area contributed by atoms with Gasteiger partial charge in [-0.25, -0.2) is 0 Å². The minimum Gasteiger partial charge on any atom is -0.346 e. The van der Waals surface area contributed by atoms with E-state index in [1.807, 2.05) is 6.07 Å². The molecule has 0 saturated heterocycles. The molecule has 1 heterocycles. The van der Waals surface area contributed by atoms with Crippen LogP contribution in [0.3, 0.4) is 0 Å². The van der Waals surface area contributed by atoms with Crippen LogP contribution in [0.4, 0.5) is 0 Å². The number of amides is 1. The highest BCUT2D eigenvalue weighted by Gasteiger charge is 2.20. The fourth-order valence-electron chi connectivity index (χ4n) is 3.39. The predicted molar refractivity (Wildman–Crippen MR) is 88.3 cm³/mol. The van der Waals surface area contributed by atoms with Gasteiger partial charge in [-0.05, 0) is 44.4 Å². The monoisotopic (exact) mass is 299 g/mol. The molecule has 0 N–H and O–H groups in total. The van der Waals surface area contributed by atoms with E-state index in [0.29, 0.717) is 6.04 Å². The smallest absolute Gasteiger partial charge is 0.264 e. The second-order valence-corrected chi connectivity index (χ2v) is 6.36. The lowest BCUT2D eigenvalue weighted by Crippen LogP contribution is -2.22. The van der Waals surface area contributed by atoms with Crippen molar-refractivity contribution in [3.63, 3.8) is 0 Å². The van der Waals surface area contributed by atoms with E-state index in [0.717, 1.165) is 11.3 Å². The molecule has 0 aromatic carbocycles. The second-order valence-electron chi connectivity index (χ2n) is 6.36. The summed E-state index contributed by atoms with van der Waals surface area (Å²) in [5.74, 6) is -0.245. The number of aryl methyl sites for hydroxylation is 1. The molecule has 0 radical (unpaired) electrons. The van der Waals surface area contributed by atoms with Crippen LogP contribution in [-0.2, 0) is 4.79 Å². The average Bonchev–Trinajstić information content (AvgIpc) is 2.79. The van der Waals surface area contributed by atoms with Crippen LogP contribution in [0, 0.1) is 25.2 Å². The molecule has 4 nitrogen and oxygen atoms in total. The van der Waals surface area contributed by atoms with Crippen molar-refractivity contribution >= 4 is 12.0 Å². The maximum atomic E-state index is 12.0. The van der Waals surface area contributed by atoms with Gasteiger partial charge >= 0.3 is 0 Å². The fraction of sp³-hybridized carbons (Fsp3) is 0.556. The number of aromatic nitrogens is 1. The van der Waals surface area contributed by atoms with Crippen molar-refractivity contribution in [1.29, 1.82) is 5.26 Å². The Bertz CT molecular complexity index is 625. The second kappa shape index (κ2) is 6.83. The molecule has 1 fully saturated rings. The normalized spacial score (nSPS) is 16.4. The van der Waals surface area contributed by atoms with Crippen LogP contribution in [0.1, 0.15) is 55.1 Å². The molecule has 1 amide bonds. The molecule has 1 aromatic heterocycles. The Hall–Kier alpha value is -2.02. The Morgan fingerprint density at radius 3 is 2.50 bits per heavy atom. The van der Waals surface area contributed by atoms with E-state index >= 15 is 0 Å². The molecular formula is C18H25N3O. The third-order valence-electron chi connectivity index (χ3n) is 4.52. The zero-order chi connectivity index (χ0) is 16.3. The van der Waals surface area contributed by atoms with Crippen LogP contribution in [0.2, 0.25) is 0 Å². The van der Waals surface area contributed by atoms with Gasteiger partial charge in [-0.1, -0.05) is 19.3 Å². The van der Waals surface area contributed by atoms with Gasteiger partial charge in [0.15, 0.2) is 0 Å². The number of carbonyl (C=O) groups is 1. The van der Waals surface area contributed by atoms with Crippen molar-refractivity contribution in [2.45, 2.75) is 52.0 Å². The van der Waals surface area contributed by atoms with Crippen LogP contribution in [0.15, 0.2) is 11.6 Å². The molecule has 2 rings (SSSR count). The molecule has 0 unspecified atom stereocenters. The van der Waals surface area contributed by atoms with Crippen molar-refractivity contribution in [1.82, 2.24) is 9.47 Å². The van der Waals surface area contributed by atoms with E-state index in [-0.39, 0.29) is 11.5 Å². The largest absolute Gasteiger partial charge is 0.346 e. The maximum absolute atomic E-state index is 12.0. The number of nitriles is 1. The Kier molecular flexibility index (Phi) is 5.07. The first kappa shape index (κ1) is 16.4. The quantitative estimate of drug-likeness (QED) is 0.632. The summed E-state index contributed by atoms with van der Waals surface area (Å²) in [4.78, 5) is 13.5. The van der Waals surface area contributed by atoms with E-state index in [1.54, 1.807) is 20.2 Å². The van der Waals surface area contributed by atoms with Gasteiger partial charge in [0.1, 0.15) is 11.6 Å². The summed E-state index contributed by atoms with van der Waals surface area (Å²) in [5, 5.41) is 9.25. The third-order valence-corrected chi connectivity index (χ3v) is 4.52. The molecule has 1 aliphatic carbocycles. The lowest BCUT2D eigenvalue weighted by Gasteiger charge is -2.26. The van der Waals surface area contributed by atoms with Crippen LogP contribution in [0.25, 0.3) is 6.08 Å². The zero-order valence-corrected chi connectivity index (χ0v) is 14.0. The molecule has 0 bridgehead atoms. The molecule has 22 heavy (non-hydrogen) atoms. The standard InChI is InChI=1S/C18H25N3O/c1-13-10-15(11-16(12-19)18(22)20(3)4)14(2)21(13)17-8-6-5-7-9-17/h10-11,17H,5-9H2,1-4H3/b16-11-. The number of rotatable bonds is 3. The summed E-state index contributed by atoms with van der Waals surface area (Å²) in [6.45, 7) is 4.20. The topological polar surface area (TPSA) is 49.0 Å². The summed E-state index contributed by atoms with van der Waals surface area (Å²) in [6, 6.07) is 4.68. The molecule has 0 atom stereocenters. The van der Waals surface area contributed by atoms with Gasteiger partial charge in [-0.2, -0.15) is 5.26 Å². The van der Waals surface area contributed by atoms with Gasteiger partial charge in [0.2, 0.25) is 0 Å². The lowest BCUT2D eigenvalue weighted by atomic mass is 9.95. The fourth-order valence-corrected chi connectivity index (χ4v) is 3.39. The Morgan fingerprint density at radius 1 is 1.32 bits per heavy atom. The van der Waals surface area contributed by atoms with E-state index in [2.05, 4.69) is 24.5 Å². The number of hydrogen-bond acceptors (Lipinski definition) is 2. The zero-order valence-electron chi connectivity index (χ0n) is 14.0. The first-order valence-electron chi connectivity index (χ1n) is 7.97. The molecule has 1 aromatic rings. The van der Waals surface area contributed by atoms with Crippen LogP contribution in [-0.4, -0.2) is 29.5 Å². The third kappa shape index (κ3) is 3.24. The molecule has 0 spiro atoms. The summed E-state index contributed by atoms with van der Waals surface area (Å²) >= 11 is 0. The first-order valence-corrected chi connectivity index (χ1v) is 7.97. The summed E-state index contributed by atoms with van der Waals surface area (Å²) < 4.78 is 2.39. The van der Waals surface area contributed by atoms with Crippen molar-refractivity contribution in [3.05, 3.63) is 28.6 Å². The van der Waals surface area contributed by atoms with Gasteiger partial charge in [0.25, 0.3) is 5.91 Å². The highest BCUT2D eigenvalue weighted by Crippen LogP contribution is 2.32. The van der Waals surface area contributed by atoms with Gasteiger partial charge in [-0.3, -0.25) is 4.79 Å². The molecule has 4 heteroatoms. The number of hydrogen-bond donors (Lipinski definition) is 0. The van der Waals surface area contributed by atoms with E-state index in [9.17, 15) is 10.1 Å².